The minimum absolute atomic E-state index is 0.312. The number of nitrogens with two attached hydrogens (primary N) is 1. The van der Waals surface area contributed by atoms with E-state index in [0.717, 1.165) is 0 Å². The maximum absolute atomic E-state index is 5.79. The summed E-state index contributed by atoms with van der Waals surface area (Å²) in [6.45, 7) is 3.59. The zero-order chi connectivity index (χ0) is 10.2. The van der Waals surface area contributed by atoms with Gasteiger partial charge in [0.25, 0.3) is 5.89 Å². The van der Waals surface area contributed by atoms with E-state index in [4.69, 9.17) is 10.3 Å². The highest BCUT2D eigenvalue weighted by molar-refractivity contribution is 5.43. The number of rotatable bonds is 2. The molecule has 0 aliphatic carbocycles. The van der Waals surface area contributed by atoms with Crippen molar-refractivity contribution >= 4 is 0 Å². The van der Waals surface area contributed by atoms with Gasteiger partial charge >= 0.3 is 0 Å². The fraction of sp³-hybridized carbons (Fsp3) is 0.429. The summed E-state index contributed by atoms with van der Waals surface area (Å²) in [6.07, 6.45) is 1.50. The molecule has 7 nitrogen and oxygen atoms in total. The second kappa shape index (κ2) is 2.88. The van der Waals surface area contributed by atoms with Gasteiger partial charge in [0, 0.05) is 0 Å². The molecular weight excluding hydrogens is 184 g/mol. The van der Waals surface area contributed by atoms with Crippen LogP contribution in [0.4, 0.5) is 0 Å². The van der Waals surface area contributed by atoms with Gasteiger partial charge in [-0.05, 0) is 13.8 Å². The van der Waals surface area contributed by atoms with Crippen molar-refractivity contribution in [3.05, 3.63) is 12.0 Å². The zero-order valence-electron chi connectivity index (χ0n) is 7.85. The van der Waals surface area contributed by atoms with E-state index in [9.17, 15) is 0 Å². The number of aromatic nitrogens is 5. The Balaban J connectivity index is 2.36. The van der Waals surface area contributed by atoms with Gasteiger partial charge in [-0.1, -0.05) is 5.16 Å². The molecule has 0 radical (unpaired) electrons. The lowest BCUT2D eigenvalue weighted by Gasteiger charge is -2.11. The zero-order valence-corrected chi connectivity index (χ0v) is 7.85. The van der Waals surface area contributed by atoms with Crippen LogP contribution in [0.15, 0.2) is 10.7 Å². The first-order valence-corrected chi connectivity index (χ1v) is 4.06. The van der Waals surface area contributed by atoms with Crippen molar-refractivity contribution < 1.29 is 4.52 Å². The van der Waals surface area contributed by atoms with Crippen molar-refractivity contribution in [3.63, 3.8) is 0 Å². The molecule has 0 saturated heterocycles. The fourth-order valence-electron chi connectivity index (χ4n) is 0.894. The first-order valence-electron chi connectivity index (χ1n) is 4.06. The minimum atomic E-state index is -0.620. The molecule has 0 fully saturated rings. The second-order valence-corrected chi connectivity index (χ2v) is 3.50. The number of hydrogen-bond donors (Lipinski definition) is 2. The van der Waals surface area contributed by atoms with Gasteiger partial charge in [-0.3, -0.25) is 0 Å². The molecule has 0 saturated carbocycles. The van der Waals surface area contributed by atoms with E-state index in [1.165, 1.54) is 6.20 Å². The van der Waals surface area contributed by atoms with Crippen molar-refractivity contribution in [3.8, 4) is 11.6 Å². The number of H-pyrrole nitrogens is 1. The van der Waals surface area contributed by atoms with E-state index in [-0.39, 0.29) is 0 Å². The van der Waals surface area contributed by atoms with E-state index < -0.39 is 5.54 Å². The molecule has 7 heteroatoms. The Bertz CT molecular complexity index is 412. The molecular formula is C7H10N6O. The summed E-state index contributed by atoms with van der Waals surface area (Å²) in [5, 5.41) is 13.7. The van der Waals surface area contributed by atoms with Gasteiger partial charge in [0.05, 0.1) is 11.7 Å². The molecule has 14 heavy (non-hydrogen) atoms. The molecule has 2 aromatic rings. The maximum atomic E-state index is 5.79. The molecule has 0 aromatic carbocycles. The molecule has 0 spiro atoms. The lowest BCUT2D eigenvalue weighted by Crippen LogP contribution is -2.30. The monoisotopic (exact) mass is 194 g/mol. The quantitative estimate of drug-likeness (QED) is 0.699. The number of aromatic amines is 1. The summed E-state index contributed by atoms with van der Waals surface area (Å²) < 4.78 is 4.97. The van der Waals surface area contributed by atoms with Crippen LogP contribution in [-0.4, -0.2) is 25.6 Å². The predicted molar refractivity (Wildman–Crippen MR) is 46.9 cm³/mol. The summed E-state index contributed by atoms with van der Waals surface area (Å²) in [5.74, 6) is 0.753. The molecule has 0 aliphatic rings. The van der Waals surface area contributed by atoms with Crippen LogP contribution in [-0.2, 0) is 5.54 Å². The average molecular weight is 194 g/mol. The van der Waals surface area contributed by atoms with Crippen molar-refractivity contribution in [1.82, 2.24) is 25.6 Å². The average Bonchev–Trinajstić information content (AvgIpc) is 2.73. The van der Waals surface area contributed by atoms with Gasteiger partial charge in [0.2, 0.25) is 0 Å². The molecule has 2 aromatic heterocycles. The molecule has 0 amide bonds. The van der Waals surface area contributed by atoms with Crippen LogP contribution in [0, 0.1) is 0 Å². The van der Waals surface area contributed by atoms with Gasteiger partial charge < -0.3 is 10.3 Å². The number of nitrogens with zero attached hydrogens (tertiary/aromatic N) is 4. The van der Waals surface area contributed by atoms with Gasteiger partial charge in [0.15, 0.2) is 11.5 Å². The first kappa shape index (κ1) is 8.82. The van der Waals surface area contributed by atoms with Crippen molar-refractivity contribution in [1.29, 1.82) is 0 Å². The van der Waals surface area contributed by atoms with E-state index in [0.29, 0.717) is 17.4 Å². The van der Waals surface area contributed by atoms with Gasteiger partial charge in [-0.15, -0.1) is 0 Å². The smallest absolute Gasteiger partial charge is 0.280 e. The van der Waals surface area contributed by atoms with E-state index in [1.807, 2.05) is 0 Å². The standard InChI is InChI=1S/C7H10N6O/c1-7(2,8)6-10-5(14-12-6)4-3-9-13-11-4/h3H,8H2,1-2H3,(H,9,11,13). The molecule has 3 N–H and O–H groups in total. The van der Waals surface area contributed by atoms with Gasteiger partial charge in [-0.25, -0.2) is 0 Å². The van der Waals surface area contributed by atoms with Crippen LogP contribution in [0.3, 0.4) is 0 Å². The highest BCUT2D eigenvalue weighted by atomic mass is 16.5. The van der Waals surface area contributed by atoms with Gasteiger partial charge in [0.1, 0.15) is 0 Å². The third-order valence-electron chi connectivity index (χ3n) is 1.64. The van der Waals surface area contributed by atoms with Crippen LogP contribution in [0.2, 0.25) is 0 Å². The van der Waals surface area contributed by atoms with Crippen LogP contribution < -0.4 is 5.73 Å². The second-order valence-electron chi connectivity index (χ2n) is 3.50. The Morgan fingerprint density at radius 2 is 2.29 bits per heavy atom. The summed E-state index contributed by atoms with van der Waals surface area (Å²) in [6, 6.07) is 0. The van der Waals surface area contributed by atoms with Crippen LogP contribution in [0.25, 0.3) is 11.6 Å². The van der Waals surface area contributed by atoms with Crippen LogP contribution in [0.1, 0.15) is 19.7 Å². The third kappa shape index (κ3) is 1.49. The number of hydrogen-bond acceptors (Lipinski definition) is 6. The van der Waals surface area contributed by atoms with Crippen molar-refractivity contribution in [2.24, 2.45) is 5.73 Å². The molecule has 0 aliphatic heterocycles. The summed E-state index contributed by atoms with van der Waals surface area (Å²) in [7, 11) is 0. The first-order chi connectivity index (χ1) is 6.57. The SMILES string of the molecule is CC(C)(N)c1noc(-c2cn[nH]n2)n1. The highest BCUT2D eigenvalue weighted by Gasteiger charge is 2.22. The summed E-state index contributed by atoms with van der Waals surface area (Å²) in [4.78, 5) is 4.10. The number of nitrogens with one attached hydrogen (secondary N) is 1. The molecule has 0 bridgehead atoms. The Labute approximate surface area is 79.7 Å². The Morgan fingerprint density at radius 3 is 2.79 bits per heavy atom. The summed E-state index contributed by atoms with van der Waals surface area (Å²) >= 11 is 0. The summed E-state index contributed by atoms with van der Waals surface area (Å²) in [5.41, 5.74) is 5.68. The highest BCUT2D eigenvalue weighted by Crippen LogP contribution is 2.17. The van der Waals surface area contributed by atoms with Crippen molar-refractivity contribution in [2.45, 2.75) is 19.4 Å². The van der Waals surface area contributed by atoms with E-state index >= 15 is 0 Å². The molecule has 0 atom stereocenters. The minimum Gasteiger partial charge on any atom is -0.332 e. The van der Waals surface area contributed by atoms with E-state index in [2.05, 4.69) is 25.6 Å². The Morgan fingerprint density at radius 1 is 1.50 bits per heavy atom. The lowest BCUT2D eigenvalue weighted by atomic mass is 10.1. The maximum Gasteiger partial charge on any atom is 0.280 e. The fourth-order valence-corrected chi connectivity index (χ4v) is 0.894. The Hall–Kier alpha value is -1.76. The largest absolute Gasteiger partial charge is 0.332 e. The molecule has 74 valence electrons. The molecule has 0 unspecified atom stereocenters. The Kier molecular flexibility index (Phi) is 1.81. The van der Waals surface area contributed by atoms with Crippen LogP contribution >= 0.6 is 0 Å². The third-order valence-corrected chi connectivity index (χ3v) is 1.64. The van der Waals surface area contributed by atoms with Crippen molar-refractivity contribution in [2.75, 3.05) is 0 Å². The van der Waals surface area contributed by atoms with Crippen LogP contribution in [0.5, 0.6) is 0 Å². The molecule has 2 heterocycles. The topological polar surface area (TPSA) is 107 Å². The predicted octanol–water partition coefficient (Wildman–Crippen LogP) is 0.0485. The lowest BCUT2D eigenvalue weighted by molar-refractivity contribution is 0.396. The van der Waals surface area contributed by atoms with Gasteiger partial charge in [-0.2, -0.15) is 20.4 Å². The molecule has 2 rings (SSSR count). The van der Waals surface area contributed by atoms with E-state index in [1.54, 1.807) is 13.8 Å². The normalized spacial score (nSPS) is 11.9.